The molecule has 4 nitrogen and oxygen atoms in total. The number of ether oxygens (including phenoxy) is 1. The molecule has 2 saturated carbocycles. The first-order valence-corrected chi connectivity index (χ1v) is 12.8. The number of piperazine rings is 1. The van der Waals surface area contributed by atoms with Crippen LogP contribution in [0.1, 0.15) is 76.2 Å². The molecule has 1 aromatic carbocycles. The van der Waals surface area contributed by atoms with Crippen molar-refractivity contribution in [3.63, 3.8) is 0 Å². The molecule has 1 N–H and O–H groups in total. The predicted molar refractivity (Wildman–Crippen MR) is 123 cm³/mol. The summed E-state index contributed by atoms with van der Waals surface area (Å²) in [6.07, 6.45) is 5.97. The van der Waals surface area contributed by atoms with E-state index in [4.69, 9.17) is 0 Å². The van der Waals surface area contributed by atoms with E-state index in [9.17, 15) is 18.3 Å². The van der Waals surface area contributed by atoms with Crippen LogP contribution in [0, 0.1) is 5.92 Å². The first-order chi connectivity index (χ1) is 15.7. The Hall–Kier alpha value is -1.31. The first-order valence-electron chi connectivity index (χ1n) is 12.8. The molecule has 1 saturated heterocycles. The van der Waals surface area contributed by atoms with Crippen molar-refractivity contribution in [2.75, 3.05) is 32.7 Å². The zero-order valence-corrected chi connectivity index (χ0v) is 19.8. The van der Waals surface area contributed by atoms with E-state index in [1.165, 1.54) is 50.8 Å². The van der Waals surface area contributed by atoms with Gasteiger partial charge in [0.25, 0.3) is 0 Å². The van der Waals surface area contributed by atoms with Crippen molar-refractivity contribution in [2.45, 2.75) is 88.6 Å². The molecule has 7 heteroatoms. The van der Waals surface area contributed by atoms with Gasteiger partial charge in [-0.1, -0.05) is 51.2 Å². The third kappa shape index (κ3) is 6.23. The van der Waals surface area contributed by atoms with Crippen molar-refractivity contribution in [1.29, 1.82) is 0 Å². The molecule has 0 bridgehead atoms. The van der Waals surface area contributed by atoms with E-state index < -0.39 is 12.0 Å². The Kier molecular flexibility index (Phi) is 7.91. The van der Waals surface area contributed by atoms with Crippen LogP contribution >= 0.6 is 0 Å². The van der Waals surface area contributed by atoms with E-state index in [0.29, 0.717) is 0 Å². The van der Waals surface area contributed by atoms with Crippen molar-refractivity contribution in [1.82, 2.24) is 9.80 Å². The van der Waals surface area contributed by atoms with Crippen LogP contribution < -0.4 is 4.74 Å². The van der Waals surface area contributed by atoms with E-state index >= 15 is 0 Å². The molecule has 0 radical (unpaired) electrons. The van der Waals surface area contributed by atoms with Crippen molar-refractivity contribution < 1.29 is 23.0 Å². The molecule has 1 aromatic rings. The lowest BCUT2D eigenvalue weighted by atomic mass is 9.69. The fourth-order valence-electron chi connectivity index (χ4n) is 6.41. The van der Waals surface area contributed by atoms with Crippen LogP contribution in [-0.4, -0.2) is 65.6 Å². The summed E-state index contributed by atoms with van der Waals surface area (Å²) >= 11 is 0. The summed E-state index contributed by atoms with van der Waals surface area (Å²) in [4.78, 5) is 5.09. The normalized spacial score (nSPS) is 29.7. The van der Waals surface area contributed by atoms with Gasteiger partial charge in [-0.05, 0) is 49.3 Å². The minimum absolute atomic E-state index is 0.0872. The molecular formula is C26H39F3N2O2. The lowest BCUT2D eigenvalue weighted by molar-refractivity contribution is -0.274. The summed E-state index contributed by atoms with van der Waals surface area (Å²) < 4.78 is 41.5. The molecule has 3 atom stereocenters. The van der Waals surface area contributed by atoms with Crippen LogP contribution in [0.3, 0.4) is 0 Å². The summed E-state index contributed by atoms with van der Waals surface area (Å²) in [5.41, 5.74) is -0.0224. The molecule has 33 heavy (non-hydrogen) atoms. The Morgan fingerprint density at radius 3 is 2.24 bits per heavy atom. The molecule has 0 spiro atoms. The lowest BCUT2D eigenvalue weighted by Crippen LogP contribution is -2.61. The third-order valence-corrected chi connectivity index (χ3v) is 8.33. The van der Waals surface area contributed by atoms with Gasteiger partial charge in [-0.15, -0.1) is 13.2 Å². The Labute approximate surface area is 196 Å². The molecule has 1 heterocycles. The Morgan fingerprint density at radius 2 is 1.61 bits per heavy atom. The van der Waals surface area contributed by atoms with Crippen molar-refractivity contribution in [3.05, 3.63) is 29.8 Å². The maximum absolute atomic E-state index is 12.5. The number of alkyl halides is 3. The third-order valence-electron chi connectivity index (χ3n) is 8.33. The largest absolute Gasteiger partial charge is 0.573 e. The quantitative estimate of drug-likeness (QED) is 0.593. The summed E-state index contributed by atoms with van der Waals surface area (Å²) in [6.45, 7) is 7.29. The second kappa shape index (κ2) is 10.5. The minimum atomic E-state index is -4.70. The van der Waals surface area contributed by atoms with Crippen LogP contribution in [0.15, 0.2) is 24.3 Å². The standard InChI is InChI=1S/C26H39F3N2O2/c1-20(22-10-12-23(13-11-22)33-26(27,28)29)25(32)14-6-5-9-24(25)31-17-15-30(16-18-31)19-21-7-3-2-4-8-21/h10-13,20-21,24,32H,2-9,14-19H2,1H3. The SMILES string of the molecule is CC(c1ccc(OC(F)(F)F)cc1)C1(O)CCCCC1N1CCN(CC2CCCCC2)CC1. The zero-order chi connectivity index (χ0) is 23.5. The average Bonchev–Trinajstić information content (AvgIpc) is 2.80. The number of aliphatic hydroxyl groups is 1. The summed E-state index contributed by atoms with van der Waals surface area (Å²) in [6, 6.07) is 6.12. The highest BCUT2D eigenvalue weighted by Crippen LogP contribution is 2.43. The second-order valence-electron chi connectivity index (χ2n) is 10.4. The Bertz CT molecular complexity index is 743. The highest BCUT2D eigenvalue weighted by molar-refractivity contribution is 5.31. The Morgan fingerprint density at radius 1 is 0.970 bits per heavy atom. The lowest BCUT2D eigenvalue weighted by Gasteiger charge is -2.51. The average molecular weight is 469 g/mol. The van der Waals surface area contributed by atoms with Crippen LogP contribution in [0.4, 0.5) is 13.2 Å². The number of rotatable bonds is 6. The van der Waals surface area contributed by atoms with Gasteiger partial charge in [0.15, 0.2) is 0 Å². The zero-order valence-electron chi connectivity index (χ0n) is 19.8. The van der Waals surface area contributed by atoms with Crippen molar-refractivity contribution in [2.24, 2.45) is 5.92 Å². The van der Waals surface area contributed by atoms with E-state index in [0.717, 1.165) is 63.3 Å². The van der Waals surface area contributed by atoms with Gasteiger partial charge in [0.05, 0.1) is 5.60 Å². The van der Waals surface area contributed by atoms with Gasteiger partial charge >= 0.3 is 6.36 Å². The molecular weight excluding hydrogens is 429 g/mol. The molecule has 0 aromatic heterocycles. The summed E-state index contributed by atoms with van der Waals surface area (Å²) in [7, 11) is 0. The summed E-state index contributed by atoms with van der Waals surface area (Å²) in [5.74, 6) is 0.462. The van der Waals surface area contributed by atoms with E-state index in [1.54, 1.807) is 12.1 Å². The molecule has 1 aliphatic heterocycles. The topological polar surface area (TPSA) is 35.9 Å². The van der Waals surface area contributed by atoms with Crippen molar-refractivity contribution in [3.8, 4) is 5.75 Å². The molecule has 3 unspecified atom stereocenters. The summed E-state index contributed by atoms with van der Waals surface area (Å²) in [5, 5.41) is 11.9. The van der Waals surface area contributed by atoms with Gasteiger partial charge in [0.1, 0.15) is 5.75 Å². The van der Waals surface area contributed by atoms with E-state index in [-0.39, 0.29) is 17.7 Å². The van der Waals surface area contributed by atoms with Crippen molar-refractivity contribution >= 4 is 0 Å². The molecule has 3 aliphatic rings. The number of hydrogen-bond acceptors (Lipinski definition) is 4. The van der Waals surface area contributed by atoms with Crippen LogP contribution in [0.25, 0.3) is 0 Å². The fraction of sp³-hybridized carbons (Fsp3) is 0.769. The number of hydrogen-bond donors (Lipinski definition) is 1. The predicted octanol–water partition coefficient (Wildman–Crippen LogP) is 5.56. The first kappa shape index (κ1) is 24.8. The number of benzene rings is 1. The second-order valence-corrected chi connectivity index (χ2v) is 10.4. The molecule has 4 rings (SSSR count). The maximum atomic E-state index is 12.5. The highest BCUT2D eigenvalue weighted by Gasteiger charge is 2.47. The van der Waals surface area contributed by atoms with Gasteiger partial charge < -0.3 is 14.7 Å². The smallest absolute Gasteiger partial charge is 0.406 e. The fourth-order valence-corrected chi connectivity index (χ4v) is 6.41. The van der Waals surface area contributed by atoms with E-state index in [1.807, 2.05) is 6.92 Å². The maximum Gasteiger partial charge on any atom is 0.573 e. The highest BCUT2D eigenvalue weighted by atomic mass is 19.4. The molecule has 2 aliphatic carbocycles. The molecule has 0 amide bonds. The Balaban J connectivity index is 1.38. The van der Waals surface area contributed by atoms with Crippen LogP contribution in [0.2, 0.25) is 0 Å². The number of halogens is 3. The van der Waals surface area contributed by atoms with Gasteiger partial charge in [-0.2, -0.15) is 0 Å². The molecule has 186 valence electrons. The van der Waals surface area contributed by atoms with Gasteiger partial charge in [-0.3, -0.25) is 4.90 Å². The van der Waals surface area contributed by atoms with Crippen LogP contribution in [-0.2, 0) is 0 Å². The number of nitrogens with zero attached hydrogens (tertiary/aromatic N) is 2. The monoisotopic (exact) mass is 468 g/mol. The van der Waals surface area contributed by atoms with Gasteiger partial charge in [-0.25, -0.2) is 0 Å². The van der Waals surface area contributed by atoms with Gasteiger partial charge in [0.2, 0.25) is 0 Å². The minimum Gasteiger partial charge on any atom is -0.406 e. The van der Waals surface area contributed by atoms with Gasteiger partial charge in [0, 0.05) is 44.7 Å². The van der Waals surface area contributed by atoms with E-state index in [2.05, 4.69) is 14.5 Å². The molecule has 3 fully saturated rings. The van der Waals surface area contributed by atoms with Crippen LogP contribution in [0.5, 0.6) is 5.75 Å².